The van der Waals surface area contributed by atoms with Gasteiger partial charge in [-0.1, -0.05) is 13.8 Å². The van der Waals surface area contributed by atoms with E-state index in [1.807, 2.05) is 6.92 Å². The van der Waals surface area contributed by atoms with Gasteiger partial charge in [-0.25, -0.2) is 0 Å². The Labute approximate surface area is 79.3 Å². The van der Waals surface area contributed by atoms with Crippen molar-refractivity contribution >= 4 is 5.91 Å². The van der Waals surface area contributed by atoms with Gasteiger partial charge in [-0.05, 0) is 0 Å². The van der Waals surface area contributed by atoms with Gasteiger partial charge in [-0.2, -0.15) is 0 Å². The Hall–Kier alpha value is -0.610. The molecule has 0 aromatic carbocycles. The zero-order chi connectivity index (χ0) is 10.4. The molecule has 0 aliphatic heterocycles. The van der Waals surface area contributed by atoms with Gasteiger partial charge in [0.1, 0.15) is 0 Å². The van der Waals surface area contributed by atoms with E-state index in [4.69, 9.17) is 4.74 Å². The number of methoxy groups -OCH3 is 1. The molecule has 0 saturated heterocycles. The largest absolute Gasteiger partial charge is 0.392 e. The number of rotatable bonds is 5. The van der Waals surface area contributed by atoms with Crippen molar-refractivity contribution in [1.82, 2.24) is 5.32 Å². The van der Waals surface area contributed by atoms with E-state index in [0.717, 1.165) is 0 Å². The third-order valence-electron chi connectivity index (χ3n) is 2.18. The summed E-state index contributed by atoms with van der Waals surface area (Å²) in [5.41, 5.74) is 0. The van der Waals surface area contributed by atoms with Crippen molar-refractivity contribution in [3.8, 4) is 0 Å². The van der Waals surface area contributed by atoms with Crippen molar-refractivity contribution in [2.45, 2.75) is 20.0 Å². The summed E-state index contributed by atoms with van der Waals surface area (Å²) < 4.78 is 4.90. The van der Waals surface area contributed by atoms with E-state index in [2.05, 4.69) is 5.32 Å². The first-order valence-corrected chi connectivity index (χ1v) is 4.43. The molecule has 4 nitrogen and oxygen atoms in total. The Morgan fingerprint density at radius 2 is 2.08 bits per heavy atom. The molecule has 3 unspecified atom stereocenters. The van der Waals surface area contributed by atoms with Gasteiger partial charge in [0, 0.05) is 20.1 Å². The molecule has 2 N–H and O–H groups in total. The van der Waals surface area contributed by atoms with Gasteiger partial charge in [0.25, 0.3) is 0 Å². The van der Waals surface area contributed by atoms with Gasteiger partial charge >= 0.3 is 0 Å². The van der Waals surface area contributed by atoms with E-state index in [-0.39, 0.29) is 11.8 Å². The second kappa shape index (κ2) is 5.94. The molecule has 0 fully saturated rings. The maximum absolute atomic E-state index is 11.2. The van der Waals surface area contributed by atoms with Crippen LogP contribution in [0.4, 0.5) is 0 Å². The molecular formula is C9H19NO3. The Morgan fingerprint density at radius 1 is 1.54 bits per heavy atom. The normalized spacial score (nSPS) is 17.6. The molecular weight excluding hydrogens is 170 g/mol. The van der Waals surface area contributed by atoms with Gasteiger partial charge in [0.05, 0.1) is 18.6 Å². The number of nitrogens with one attached hydrogen (secondary N) is 1. The van der Waals surface area contributed by atoms with Crippen LogP contribution in [0.3, 0.4) is 0 Å². The standard InChI is InChI=1S/C9H19NO3/c1-6(5-13-4)8(11)7(2)9(12)10-3/h6-8,11H,5H2,1-4H3,(H,10,12). The van der Waals surface area contributed by atoms with Crippen LogP contribution >= 0.6 is 0 Å². The highest BCUT2D eigenvalue weighted by Gasteiger charge is 2.25. The van der Waals surface area contributed by atoms with Gasteiger partial charge in [-0.15, -0.1) is 0 Å². The highest BCUT2D eigenvalue weighted by molar-refractivity contribution is 5.78. The first-order chi connectivity index (χ1) is 6.04. The van der Waals surface area contributed by atoms with Crippen LogP contribution in [0.1, 0.15) is 13.8 Å². The zero-order valence-electron chi connectivity index (χ0n) is 8.70. The number of ether oxygens (including phenoxy) is 1. The highest BCUT2D eigenvalue weighted by Crippen LogP contribution is 2.13. The lowest BCUT2D eigenvalue weighted by Gasteiger charge is -2.22. The molecule has 0 radical (unpaired) electrons. The van der Waals surface area contributed by atoms with Crippen LogP contribution in [0, 0.1) is 11.8 Å². The predicted molar refractivity (Wildman–Crippen MR) is 50.3 cm³/mol. The number of amides is 1. The molecule has 3 atom stereocenters. The maximum atomic E-state index is 11.2. The lowest BCUT2D eigenvalue weighted by molar-refractivity contribution is -0.129. The summed E-state index contributed by atoms with van der Waals surface area (Å²) in [7, 11) is 3.14. The van der Waals surface area contributed by atoms with Crippen LogP contribution in [0.2, 0.25) is 0 Å². The summed E-state index contributed by atoms with van der Waals surface area (Å²) >= 11 is 0. The monoisotopic (exact) mass is 189 g/mol. The molecule has 0 rings (SSSR count). The quantitative estimate of drug-likeness (QED) is 0.640. The summed E-state index contributed by atoms with van der Waals surface area (Å²) in [5, 5.41) is 12.2. The summed E-state index contributed by atoms with van der Waals surface area (Å²) in [6.45, 7) is 4.02. The van der Waals surface area contributed by atoms with Gasteiger partial charge in [0.2, 0.25) is 5.91 Å². The minimum Gasteiger partial charge on any atom is -0.392 e. The van der Waals surface area contributed by atoms with Crippen molar-refractivity contribution in [2.75, 3.05) is 20.8 Å². The summed E-state index contributed by atoms with van der Waals surface area (Å²) in [6.07, 6.45) is -0.653. The van der Waals surface area contributed by atoms with E-state index in [1.165, 1.54) is 0 Å². The molecule has 0 spiro atoms. The molecule has 78 valence electrons. The van der Waals surface area contributed by atoms with Crippen LogP contribution in [-0.4, -0.2) is 37.9 Å². The Bertz CT molecular complexity index is 161. The van der Waals surface area contributed by atoms with Crippen molar-refractivity contribution in [3.63, 3.8) is 0 Å². The smallest absolute Gasteiger partial charge is 0.225 e. The van der Waals surface area contributed by atoms with Crippen molar-refractivity contribution in [3.05, 3.63) is 0 Å². The molecule has 0 bridgehead atoms. The second-order valence-electron chi connectivity index (χ2n) is 3.33. The average molecular weight is 189 g/mol. The fourth-order valence-electron chi connectivity index (χ4n) is 1.24. The summed E-state index contributed by atoms with van der Waals surface area (Å²) in [5.74, 6) is -0.567. The van der Waals surface area contributed by atoms with Crippen LogP contribution in [0.5, 0.6) is 0 Å². The van der Waals surface area contributed by atoms with Gasteiger partial charge in [-0.3, -0.25) is 4.79 Å². The fourth-order valence-corrected chi connectivity index (χ4v) is 1.24. The SMILES string of the molecule is CNC(=O)C(C)C(O)C(C)COC. The average Bonchev–Trinajstić information content (AvgIpc) is 2.14. The number of hydrogen-bond acceptors (Lipinski definition) is 3. The minimum absolute atomic E-state index is 0.0303. The van der Waals surface area contributed by atoms with Crippen LogP contribution in [0.15, 0.2) is 0 Å². The number of aliphatic hydroxyl groups is 1. The first kappa shape index (κ1) is 12.4. The predicted octanol–water partition coefficient (Wildman–Crippen LogP) is 0.0119. The van der Waals surface area contributed by atoms with Crippen molar-refractivity contribution < 1.29 is 14.6 Å². The Balaban J connectivity index is 4.07. The highest BCUT2D eigenvalue weighted by atomic mass is 16.5. The molecule has 1 amide bonds. The van der Waals surface area contributed by atoms with Gasteiger partial charge in [0.15, 0.2) is 0 Å². The topological polar surface area (TPSA) is 58.6 Å². The third kappa shape index (κ3) is 3.74. The van der Waals surface area contributed by atoms with Crippen LogP contribution in [-0.2, 0) is 9.53 Å². The number of carbonyl (C=O) groups excluding carboxylic acids is 1. The van der Waals surface area contributed by atoms with E-state index in [0.29, 0.717) is 6.61 Å². The fraction of sp³-hybridized carbons (Fsp3) is 0.889. The van der Waals surface area contributed by atoms with E-state index in [9.17, 15) is 9.90 Å². The second-order valence-corrected chi connectivity index (χ2v) is 3.33. The lowest BCUT2D eigenvalue weighted by atomic mass is 9.93. The summed E-state index contributed by atoms with van der Waals surface area (Å²) in [6, 6.07) is 0. The summed E-state index contributed by atoms with van der Waals surface area (Å²) in [4.78, 5) is 11.2. The molecule has 0 saturated carbocycles. The number of carbonyl (C=O) groups is 1. The molecule has 0 aliphatic carbocycles. The Kier molecular flexibility index (Phi) is 5.66. The maximum Gasteiger partial charge on any atom is 0.225 e. The molecule has 4 heteroatoms. The van der Waals surface area contributed by atoms with Crippen molar-refractivity contribution in [2.24, 2.45) is 11.8 Å². The third-order valence-corrected chi connectivity index (χ3v) is 2.18. The van der Waals surface area contributed by atoms with E-state index >= 15 is 0 Å². The molecule has 13 heavy (non-hydrogen) atoms. The molecule has 0 aliphatic rings. The van der Waals surface area contributed by atoms with Crippen LogP contribution < -0.4 is 5.32 Å². The molecule has 0 aromatic rings. The minimum atomic E-state index is -0.653. The molecule has 0 aromatic heterocycles. The zero-order valence-corrected chi connectivity index (χ0v) is 8.70. The van der Waals surface area contributed by atoms with Crippen LogP contribution in [0.25, 0.3) is 0 Å². The Morgan fingerprint density at radius 3 is 2.46 bits per heavy atom. The lowest BCUT2D eigenvalue weighted by Crippen LogP contribution is -2.38. The van der Waals surface area contributed by atoms with Crippen molar-refractivity contribution in [1.29, 1.82) is 0 Å². The number of hydrogen-bond donors (Lipinski definition) is 2. The number of aliphatic hydroxyl groups excluding tert-OH is 1. The van der Waals surface area contributed by atoms with E-state index in [1.54, 1.807) is 21.1 Å². The first-order valence-electron chi connectivity index (χ1n) is 4.43. The van der Waals surface area contributed by atoms with E-state index < -0.39 is 12.0 Å². The van der Waals surface area contributed by atoms with Gasteiger partial charge < -0.3 is 15.2 Å². The molecule has 0 heterocycles.